The van der Waals surface area contributed by atoms with Crippen molar-refractivity contribution < 1.29 is 13.9 Å². The minimum Gasteiger partial charge on any atom is -0.463 e. The molecule has 3 rings (SSSR count). The molecule has 23 heavy (non-hydrogen) atoms. The summed E-state index contributed by atoms with van der Waals surface area (Å²) in [7, 11) is 1.32. The topological polar surface area (TPSA) is 81.0 Å². The van der Waals surface area contributed by atoms with E-state index in [4.69, 9.17) is 4.42 Å². The second kappa shape index (κ2) is 7.15. The number of thioether (sulfide) groups is 1. The monoisotopic (exact) mass is 329 g/mol. The average molecular weight is 329 g/mol. The van der Waals surface area contributed by atoms with Crippen LogP contribution in [0.4, 0.5) is 0 Å². The molecule has 1 N–H and O–H groups in total. The first-order valence-electron chi connectivity index (χ1n) is 6.99. The van der Waals surface area contributed by atoms with Crippen molar-refractivity contribution in [3.63, 3.8) is 0 Å². The summed E-state index contributed by atoms with van der Waals surface area (Å²) in [6, 6.07) is 13.4. The molecular weight excluding hydrogens is 314 g/mol. The van der Waals surface area contributed by atoms with Gasteiger partial charge in [-0.05, 0) is 17.7 Å². The van der Waals surface area contributed by atoms with Gasteiger partial charge < -0.3 is 9.15 Å². The lowest BCUT2D eigenvalue weighted by atomic mass is 10.1. The van der Waals surface area contributed by atoms with E-state index < -0.39 is 5.97 Å². The Bertz CT molecular complexity index is 783. The van der Waals surface area contributed by atoms with E-state index in [2.05, 4.69) is 19.9 Å². The van der Waals surface area contributed by atoms with Gasteiger partial charge in [0.2, 0.25) is 10.9 Å². The highest BCUT2D eigenvalue weighted by atomic mass is 32.2. The Hall–Kier alpha value is -2.54. The first-order valence-corrected chi connectivity index (χ1v) is 7.98. The lowest BCUT2D eigenvalue weighted by Gasteiger charge is -1.96. The van der Waals surface area contributed by atoms with E-state index in [9.17, 15) is 4.79 Å². The van der Waals surface area contributed by atoms with Gasteiger partial charge in [-0.3, -0.25) is 5.10 Å². The number of furan rings is 1. The van der Waals surface area contributed by atoms with Gasteiger partial charge in [0.1, 0.15) is 11.6 Å². The third kappa shape index (κ3) is 4.01. The van der Waals surface area contributed by atoms with Crippen molar-refractivity contribution in [2.45, 2.75) is 17.3 Å². The molecule has 6 nitrogen and oxygen atoms in total. The number of hydrogen-bond donors (Lipinski definition) is 1. The lowest BCUT2D eigenvalue weighted by molar-refractivity contribution is 0.0563. The minimum absolute atomic E-state index is 0.197. The van der Waals surface area contributed by atoms with Crippen molar-refractivity contribution in [3.05, 3.63) is 65.4 Å². The maximum absolute atomic E-state index is 11.3. The van der Waals surface area contributed by atoms with Crippen LogP contribution < -0.4 is 0 Å². The summed E-state index contributed by atoms with van der Waals surface area (Å²) < 4.78 is 10.0. The Labute approximate surface area is 137 Å². The van der Waals surface area contributed by atoms with Gasteiger partial charge in [-0.1, -0.05) is 42.1 Å². The van der Waals surface area contributed by atoms with Crippen LogP contribution in [0, 0.1) is 0 Å². The molecule has 2 heterocycles. The van der Waals surface area contributed by atoms with Crippen LogP contribution in [0.1, 0.15) is 27.7 Å². The summed E-state index contributed by atoms with van der Waals surface area (Å²) in [5.41, 5.74) is 1.17. The molecule has 0 saturated heterocycles. The highest BCUT2D eigenvalue weighted by Gasteiger charge is 2.12. The maximum atomic E-state index is 11.3. The molecule has 2 aromatic heterocycles. The maximum Gasteiger partial charge on any atom is 0.373 e. The van der Waals surface area contributed by atoms with E-state index >= 15 is 0 Å². The number of aromatic nitrogens is 3. The summed E-state index contributed by atoms with van der Waals surface area (Å²) in [5.74, 6) is 1.74. The van der Waals surface area contributed by atoms with Gasteiger partial charge in [-0.15, -0.1) is 5.10 Å². The van der Waals surface area contributed by atoms with Crippen LogP contribution in [-0.4, -0.2) is 28.3 Å². The number of benzene rings is 1. The molecule has 0 aliphatic rings. The second-order valence-electron chi connectivity index (χ2n) is 4.77. The van der Waals surface area contributed by atoms with E-state index in [0.717, 1.165) is 5.82 Å². The SMILES string of the molecule is COC(=O)c1ccc(CSc2n[nH]c(Cc3ccccc3)n2)o1. The third-order valence-corrected chi connectivity index (χ3v) is 3.99. The molecule has 0 aliphatic carbocycles. The van der Waals surface area contributed by atoms with Crippen molar-refractivity contribution in [1.82, 2.24) is 15.2 Å². The molecule has 0 radical (unpaired) electrons. The van der Waals surface area contributed by atoms with Crippen LogP contribution in [-0.2, 0) is 16.9 Å². The zero-order valence-electron chi connectivity index (χ0n) is 12.5. The van der Waals surface area contributed by atoms with Crippen LogP contribution in [0.15, 0.2) is 52.0 Å². The molecule has 0 fully saturated rings. The number of ether oxygens (including phenoxy) is 1. The van der Waals surface area contributed by atoms with Crippen LogP contribution in [0.2, 0.25) is 0 Å². The van der Waals surface area contributed by atoms with Crippen LogP contribution in [0.3, 0.4) is 0 Å². The summed E-state index contributed by atoms with van der Waals surface area (Å²) in [5, 5.41) is 7.76. The van der Waals surface area contributed by atoms with Gasteiger partial charge in [0.05, 0.1) is 12.9 Å². The molecule has 0 amide bonds. The zero-order valence-corrected chi connectivity index (χ0v) is 13.3. The van der Waals surface area contributed by atoms with E-state index in [0.29, 0.717) is 23.1 Å². The van der Waals surface area contributed by atoms with Gasteiger partial charge >= 0.3 is 5.97 Å². The second-order valence-corrected chi connectivity index (χ2v) is 5.72. The number of nitrogens with zero attached hydrogens (tertiary/aromatic N) is 2. The molecule has 0 aliphatic heterocycles. The Kier molecular flexibility index (Phi) is 4.77. The van der Waals surface area contributed by atoms with Gasteiger partial charge in [-0.25, -0.2) is 9.78 Å². The highest BCUT2D eigenvalue weighted by molar-refractivity contribution is 7.98. The molecule has 1 aromatic carbocycles. The quantitative estimate of drug-likeness (QED) is 0.553. The highest BCUT2D eigenvalue weighted by Crippen LogP contribution is 2.21. The van der Waals surface area contributed by atoms with Gasteiger partial charge in [0.15, 0.2) is 0 Å². The fourth-order valence-corrected chi connectivity index (χ4v) is 2.72. The van der Waals surface area contributed by atoms with Crippen molar-refractivity contribution in [2.24, 2.45) is 0 Å². The van der Waals surface area contributed by atoms with Gasteiger partial charge in [0, 0.05) is 6.42 Å². The Morgan fingerprint density at radius 3 is 2.87 bits per heavy atom. The predicted octanol–water partition coefficient (Wildman–Crippen LogP) is 3.07. The normalized spacial score (nSPS) is 10.7. The lowest BCUT2D eigenvalue weighted by Crippen LogP contribution is -1.98. The molecular formula is C16H15N3O3S. The standard InChI is InChI=1S/C16H15N3O3S/c1-21-15(20)13-8-7-12(22-13)10-23-16-17-14(18-19-16)9-11-5-3-2-4-6-11/h2-8H,9-10H2,1H3,(H,17,18,19). The first-order chi connectivity index (χ1) is 11.2. The molecule has 3 aromatic rings. The summed E-state index contributed by atoms with van der Waals surface area (Å²) >= 11 is 1.44. The van der Waals surface area contributed by atoms with Gasteiger partial charge in [0.25, 0.3) is 0 Å². The number of hydrogen-bond acceptors (Lipinski definition) is 6. The molecule has 0 spiro atoms. The number of nitrogens with one attached hydrogen (secondary N) is 1. The van der Waals surface area contributed by atoms with Crippen molar-refractivity contribution >= 4 is 17.7 Å². The Morgan fingerprint density at radius 1 is 1.26 bits per heavy atom. The van der Waals surface area contributed by atoms with Crippen molar-refractivity contribution in [1.29, 1.82) is 0 Å². The molecule has 0 saturated carbocycles. The predicted molar refractivity (Wildman–Crippen MR) is 85.2 cm³/mol. The zero-order chi connectivity index (χ0) is 16.1. The molecule has 0 atom stereocenters. The number of carbonyl (C=O) groups is 1. The third-order valence-electron chi connectivity index (χ3n) is 3.12. The van der Waals surface area contributed by atoms with Crippen LogP contribution in [0.5, 0.6) is 0 Å². The first kappa shape index (κ1) is 15.4. The molecule has 7 heteroatoms. The number of carbonyl (C=O) groups excluding carboxylic acids is 1. The Morgan fingerprint density at radius 2 is 2.09 bits per heavy atom. The van der Waals surface area contributed by atoms with E-state index in [-0.39, 0.29) is 5.76 Å². The summed E-state index contributed by atoms with van der Waals surface area (Å²) in [6.07, 6.45) is 0.710. The fourth-order valence-electron chi connectivity index (χ4n) is 2.01. The Balaban J connectivity index is 1.57. The van der Waals surface area contributed by atoms with E-state index in [1.807, 2.05) is 30.3 Å². The molecule has 0 bridgehead atoms. The van der Waals surface area contributed by atoms with Crippen molar-refractivity contribution in [2.75, 3.05) is 7.11 Å². The molecule has 0 unspecified atom stereocenters. The minimum atomic E-state index is -0.482. The largest absolute Gasteiger partial charge is 0.463 e. The average Bonchev–Trinajstić information content (AvgIpc) is 3.22. The number of esters is 1. The number of H-pyrrole nitrogens is 1. The van der Waals surface area contributed by atoms with Crippen molar-refractivity contribution in [3.8, 4) is 0 Å². The van der Waals surface area contributed by atoms with Gasteiger partial charge in [-0.2, -0.15) is 0 Å². The smallest absolute Gasteiger partial charge is 0.373 e. The summed E-state index contributed by atoms with van der Waals surface area (Å²) in [6.45, 7) is 0. The fraction of sp³-hybridized carbons (Fsp3) is 0.188. The van der Waals surface area contributed by atoms with Crippen LogP contribution in [0.25, 0.3) is 0 Å². The van der Waals surface area contributed by atoms with Crippen LogP contribution >= 0.6 is 11.8 Å². The van der Waals surface area contributed by atoms with E-state index in [1.54, 1.807) is 12.1 Å². The number of aromatic amines is 1. The number of rotatable bonds is 6. The number of methoxy groups -OCH3 is 1. The van der Waals surface area contributed by atoms with E-state index in [1.165, 1.54) is 24.4 Å². The molecule has 118 valence electrons. The summed E-state index contributed by atoms with van der Waals surface area (Å²) in [4.78, 5) is 15.8.